The predicted molar refractivity (Wildman–Crippen MR) is 81.8 cm³/mol. The summed E-state index contributed by atoms with van der Waals surface area (Å²) in [6, 6.07) is 3.77. The first-order valence-corrected chi connectivity index (χ1v) is 7.65. The standard InChI is InChI=1S/C16H17N5O2/c1-22-16(6-2-3-7-16)15-19-14(23-20-15)12-10-18-21(11-12)13-4-8-17-9-5-13/h4-5,8-11H,2-3,6-7H2,1H3. The number of hydrogen-bond donors (Lipinski definition) is 0. The number of aromatic nitrogens is 5. The quantitative estimate of drug-likeness (QED) is 0.737. The smallest absolute Gasteiger partial charge is 0.261 e. The Balaban J connectivity index is 1.64. The summed E-state index contributed by atoms with van der Waals surface area (Å²) in [5, 5.41) is 8.48. The molecule has 3 aromatic heterocycles. The zero-order chi connectivity index (χ0) is 15.7. The molecule has 0 unspecified atom stereocenters. The van der Waals surface area contributed by atoms with E-state index in [-0.39, 0.29) is 0 Å². The first kappa shape index (κ1) is 14.1. The second-order valence-electron chi connectivity index (χ2n) is 5.71. The number of ether oxygens (including phenoxy) is 1. The molecule has 3 aromatic rings. The molecule has 4 rings (SSSR count). The van der Waals surface area contributed by atoms with Gasteiger partial charge >= 0.3 is 0 Å². The van der Waals surface area contributed by atoms with Crippen molar-refractivity contribution in [3.63, 3.8) is 0 Å². The van der Waals surface area contributed by atoms with Crippen LogP contribution < -0.4 is 0 Å². The molecule has 7 nitrogen and oxygen atoms in total. The van der Waals surface area contributed by atoms with Crippen molar-refractivity contribution in [2.24, 2.45) is 0 Å². The van der Waals surface area contributed by atoms with Gasteiger partial charge in [0.15, 0.2) is 0 Å². The minimum atomic E-state index is -0.400. The summed E-state index contributed by atoms with van der Waals surface area (Å²) in [6.07, 6.45) is 11.1. The summed E-state index contributed by atoms with van der Waals surface area (Å²) >= 11 is 0. The fraction of sp³-hybridized carbons (Fsp3) is 0.375. The average Bonchev–Trinajstić information content (AvgIpc) is 3.34. The van der Waals surface area contributed by atoms with Crippen molar-refractivity contribution in [1.82, 2.24) is 24.9 Å². The van der Waals surface area contributed by atoms with Gasteiger partial charge in [-0.25, -0.2) is 4.68 Å². The van der Waals surface area contributed by atoms with Crippen LogP contribution in [0.4, 0.5) is 0 Å². The Kier molecular flexibility index (Phi) is 3.42. The number of hydrogen-bond acceptors (Lipinski definition) is 6. The van der Waals surface area contributed by atoms with Gasteiger partial charge in [-0.2, -0.15) is 10.1 Å². The molecule has 7 heteroatoms. The van der Waals surface area contributed by atoms with Crippen LogP contribution >= 0.6 is 0 Å². The maximum Gasteiger partial charge on any atom is 0.261 e. The van der Waals surface area contributed by atoms with Crippen molar-refractivity contribution in [2.45, 2.75) is 31.3 Å². The lowest BCUT2D eigenvalue weighted by molar-refractivity contribution is -0.0178. The molecule has 23 heavy (non-hydrogen) atoms. The lowest BCUT2D eigenvalue weighted by Gasteiger charge is -2.22. The van der Waals surface area contributed by atoms with Gasteiger partial charge in [-0.3, -0.25) is 4.98 Å². The van der Waals surface area contributed by atoms with E-state index in [9.17, 15) is 0 Å². The van der Waals surface area contributed by atoms with Crippen molar-refractivity contribution >= 4 is 0 Å². The molecule has 0 amide bonds. The molecule has 0 saturated heterocycles. The Labute approximate surface area is 133 Å². The zero-order valence-corrected chi connectivity index (χ0v) is 12.8. The lowest BCUT2D eigenvalue weighted by atomic mass is 10.0. The highest BCUT2D eigenvalue weighted by Crippen LogP contribution is 2.40. The monoisotopic (exact) mass is 311 g/mol. The Morgan fingerprint density at radius 1 is 1.22 bits per heavy atom. The van der Waals surface area contributed by atoms with E-state index in [1.54, 1.807) is 30.4 Å². The highest BCUT2D eigenvalue weighted by Gasteiger charge is 2.40. The van der Waals surface area contributed by atoms with Gasteiger partial charge in [0.05, 0.1) is 17.4 Å². The topological polar surface area (TPSA) is 78.9 Å². The van der Waals surface area contributed by atoms with E-state index in [1.807, 2.05) is 18.3 Å². The lowest BCUT2D eigenvalue weighted by Crippen LogP contribution is -2.25. The molecule has 0 radical (unpaired) electrons. The molecule has 1 saturated carbocycles. The molecule has 1 aliphatic rings. The molecule has 118 valence electrons. The molecular weight excluding hydrogens is 294 g/mol. The molecular formula is C16H17N5O2. The Bertz CT molecular complexity index is 790. The van der Waals surface area contributed by atoms with E-state index in [0.29, 0.717) is 11.7 Å². The van der Waals surface area contributed by atoms with Crippen molar-refractivity contribution in [3.8, 4) is 17.1 Å². The van der Waals surface area contributed by atoms with Gasteiger partial charge in [0.2, 0.25) is 5.82 Å². The van der Waals surface area contributed by atoms with E-state index in [4.69, 9.17) is 9.26 Å². The van der Waals surface area contributed by atoms with E-state index >= 15 is 0 Å². The zero-order valence-electron chi connectivity index (χ0n) is 12.8. The first-order valence-electron chi connectivity index (χ1n) is 7.65. The van der Waals surface area contributed by atoms with Gasteiger partial charge in [-0.05, 0) is 37.8 Å². The molecule has 0 aromatic carbocycles. The Morgan fingerprint density at radius 2 is 2.00 bits per heavy atom. The third-order valence-electron chi connectivity index (χ3n) is 4.39. The number of rotatable bonds is 4. The number of pyridine rings is 1. The summed E-state index contributed by atoms with van der Waals surface area (Å²) in [5.41, 5.74) is 1.31. The highest BCUT2D eigenvalue weighted by molar-refractivity contribution is 5.51. The second-order valence-corrected chi connectivity index (χ2v) is 5.71. The van der Waals surface area contributed by atoms with Crippen LogP contribution in [0.5, 0.6) is 0 Å². The van der Waals surface area contributed by atoms with Crippen molar-refractivity contribution in [1.29, 1.82) is 0 Å². The fourth-order valence-corrected chi connectivity index (χ4v) is 3.06. The van der Waals surface area contributed by atoms with Crippen LogP contribution in [0.2, 0.25) is 0 Å². The summed E-state index contributed by atoms with van der Waals surface area (Å²) in [4.78, 5) is 8.55. The summed E-state index contributed by atoms with van der Waals surface area (Å²) < 4.78 is 12.9. The largest absolute Gasteiger partial charge is 0.370 e. The predicted octanol–water partition coefficient (Wildman–Crippen LogP) is 2.73. The molecule has 1 aliphatic carbocycles. The van der Waals surface area contributed by atoms with Gasteiger partial charge < -0.3 is 9.26 Å². The second kappa shape index (κ2) is 5.58. The van der Waals surface area contributed by atoms with Crippen molar-refractivity contribution in [2.75, 3.05) is 7.11 Å². The summed E-state index contributed by atoms with van der Waals surface area (Å²) in [6.45, 7) is 0. The molecule has 0 spiro atoms. The van der Waals surface area contributed by atoms with Crippen LogP contribution in [-0.2, 0) is 10.3 Å². The number of nitrogens with zero attached hydrogens (tertiary/aromatic N) is 5. The fourth-order valence-electron chi connectivity index (χ4n) is 3.06. The normalized spacial score (nSPS) is 16.7. The molecule has 0 aliphatic heterocycles. The van der Waals surface area contributed by atoms with E-state index < -0.39 is 5.60 Å². The minimum absolute atomic E-state index is 0.400. The average molecular weight is 311 g/mol. The first-order chi connectivity index (χ1) is 11.3. The van der Waals surface area contributed by atoms with Gasteiger partial charge in [0.25, 0.3) is 5.89 Å². The van der Waals surface area contributed by atoms with E-state index in [0.717, 1.165) is 36.9 Å². The third-order valence-corrected chi connectivity index (χ3v) is 4.39. The third kappa shape index (κ3) is 2.43. The molecule has 0 atom stereocenters. The Hall–Kier alpha value is -2.54. The van der Waals surface area contributed by atoms with Gasteiger partial charge in [0, 0.05) is 25.7 Å². The van der Waals surface area contributed by atoms with Crippen LogP contribution in [0.15, 0.2) is 41.4 Å². The summed E-state index contributed by atoms with van der Waals surface area (Å²) in [7, 11) is 1.71. The molecule has 3 heterocycles. The summed E-state index contributed by atoms with van der Waals surface area (Å²) in [5.74, 6) is 1.09. The highest BCUT2D eigenvalue weighted by atomic mass is 16.5. The van der Waals surface area contributed by atoms with Crippen LogP contribution in [-0.4, -0.2) is 32.0 Å². The van der Waals surface area contributed by atoms with Crippen LogP contribution in [0.3, 0.4) is 0 Å². The van der Waals surface area contributed by atoms with Gasteiger partial charge in [-0.1, -0.05) is 5.16 Å². The Morgan fingerprint density at radius 3 is 2.74 bits per heavy atom. The molecule has 0 bridgehead atoms. The molecule has 1 fully saturated rings. The molecule has 0 N–H and O–H groups in total. The maximum atomic E-state index is 5.70. The van der Waals surface area contributed by atoms with Gasteiger partial charge in [0.1, 0.15) is 5.60 Å². The SMILES string of the molecule is COC1(c2noc(-c3cnn(-c4ccncc4)c3)n2)CCCC1. The van der Waals surface area contributed by atoms with E-state index in [1.165, 1.54) is 0 Å². The van der Waals surface area contributed by atoms with Crippen molar-refractivity contribution < 1.29 is 9.26 Å². The maximum absolute atomic E-state index is 5.70. The number of methoxy groups -OCH3 is 1. The van der Waals surface area contributed by atoms with Crippen LogP contribution in [0, 0.1) is 0 Å². The van der Waals surface area contributed by atoms with E-state index in [2.05, 4.69) is 20.2 Å². The van der Waals surface area contributed by atoms with Crippen LogP contribution in [0.25, 0.3) is 17.1 Å². The van der Waals surface area contributed by atoms with Crippen LogP contribution in [0.1, 0.15) is 31.5 Å². The minimum Gasteiger partial charge on any atom is -0.370 e. The van der Waals surface area contributed by atoms with Gasteiger partial charge in [-0.15, -0.1) is 0 Å². The van der Waals surface area contributed by atoms with Crippen molar-refractivity contribution in [3.05, 3.63) is 42.7 Å².